The Morgan fingerprint density at radius 2 is 2.16 bits per heavy atom. The van der Waals surface area contributed by atoms with Crippen LogP contribution in [0.4, 0.5) is 0 Å². The zero-order valence-corrected chi connectivity index (χ0v) is 14.7. The molecule has 0 N–H and O–H groups in total. The van der Waals surface area contributed by atoms with Gasteiger partial charge in [0, 0.05) is 10.1 Å². The van der Waals surface area contributed by atoms with E-state index in [9.17, 15) is 0 Å². The molecule has 0 bridgehead atoms. The average Bonchev–Trinajstić information content (AvgIpc) is 2.72. The number of hydrogen-bond acceptors (Lipinski definition) is 2. The van der Waals surface area contributed by atoms with Gasteiger partial charge in [0.05, 0.1) is 15.9 Å². The van der Waals surface area contributed by atoms with Crippen molar-refractivity contribution in [2.75, 3.05) is 0 Å². The number of benzene rings is 1. The molecule has 0 amide bonds. The summed E-state index contributed by atoms with van der Waals surface area (Å²) in [5, 5.41) is 4.56. The number of nitrogens with zero attached hydrogens (tertiary/aromatic N) is 2. The first-order valence-electron chi connectivity index (χ1n) is 6.28. The van der Waals surface area contributed by atoms with Crippen LogP contribution in [-0.4, -0.2) is 9.78 Å². The van der Waals surface area contributed by atoms with Crippen LogP contribution in [0.5, 0.6) is 5.75 Å². The van der Waals surface area contributed by atoms with Gasteiger partial charge in [-0.3, -0.25) is 4.68 Å². The summed E-state index contributed by atoms with van der Waals surface area (Å²) in [5.74, 6) is 0.890. The van der Waals surface area contributed by atoms with Gasteiger partial charge in [-0.15, -0.1) is 0 Å². The molecular formula is C14H16BrIN2O. The van der Waals surface area contributed by atoms with Crippen molar-refractivity contribution in [3.63, 3.8) is 0 Å². The van der Waals surface area contributed by atoms with Gasteiger partial charge in [0.1, 0.15) is 12.4 Å². The highest BCUT2D eigenvalue weighted by atomic mass is 127. The van der Waals surface area contributed by atoms with Crippen molar-refractivity contribution in [2.24, 2.45) is 0 Å². The van der Waals surface area contributed by atoms with Crippen LogP contribution in [0, 0.1) is 3.57 Å². The molecule has 19 heavy (non-hydrogen) atoms. The Morgan fingerprint density at radius 3 is 2.79 bits per heavy atom. The minimum Gasteiger partial charge on any atom is -0.487 e. The molecule has 0 spiro atoms. The maximum absolute atomic E-state index is 5.86. The molecule has 2 aromatic rings. The molecule has 0 aliphatic rings. The summed E-state index contributed by atoms with van der Waals surface area (Å²) in [6, 6.07) is 8.06. The Bertz CT molecular complexity index is 569. The Labute approximate surface area is 135 Å². The molecule has 0 radical (unpaired) electrons. The van der Waals surface area contributed by atoms with Crippen molar-refractivity contribution in [3.05, 3.63) is 43.7 Å². The lowest BCUT2D eigenvalue weighted by atomic mass is 10.3. The monoisotopic (exact) mass is 434 g/mol. The predicted molar refractivity (Wildman–Crippen MR) is 88.5 cm³/mol. The summed E-state index contributed by atoms with van der Waals surface area (Å²) in [5.41, 5.74) is 2.18. The first-order valence-corrected chi connectivity index (χ1v) is 8.15. The molecule has 0 aliphatic carbocycles. The van der Waals surface area contributed by atoms with Crippen molar-refractivity contribution in [1.29, 1.82) is 0 Å². The van der Waals surface area contributed by atoms with E-state index in [0.29, 0.717) is 6.61 Å². The van der Waals surface area contributed by atoms with Crippen LogP contribution in [0.25, 0.3) is 0 Å². The second kappa shape index (κ2) is 6.74. The van der Waals surface area contributed by atoms with Gasteiger partial charge in [0.2, 0.25) is 0 Å². The summed E-state index contributed by atoms with van der Waals surface area (Å²) >= 11 is 5.91. The molecule has 0 fully saturated rings. The van der Waals surface area contributed by atoms with Crippen LogP contribution in [0.1, 0.15) is 25.2 Å². The normalized spacial score (nSPS) is 10.7. The predicted octanol–water partition coefficient (Wildman–Crippen LogP) is 4.41. The van der Waals surface area contributed by atoms with Crippen molar-refractivity contribution in [1.82, 2.24) is 9.78 Å². The number of rotatable bonds is 5. The van der Waals surface area contributed by atoms with Crippen LogP contribution in [0.3, 0.4) is 0 Å². The van der Waals surface area contributed by atoms with E-state index in [-0.39, 0.29) is 0 Å². The van der Waals surface area contributed by atoms with E-state index >= 15 is 0 Å². The lowest BCUT2D eigenvalue weighted by Gasteiger charge is -2.08. The summed E-state index contributed by atoms with van der Waals surface area (Å²) in [4.78, 5) is 0. The maximum Gasteiger partial charge on any atom is 0.131 e. The molecule has 3 nitrogen and oxygen atoms in total. The second-order valence-corrected chi connectivity index (χ2v) is 6.16. The SMILES string of the molecule is CCc1nn(CC)c(COc2cccc(I)c2)c1Br. The van der Waals surface area contributed by atoms with Crippen LogP contribution in [0.15, 0.2) is 28.7 Å². The number of hydrogen-bond donors (Lipinski definition) is 0. The fraction of sp³-hybridized carbons (Fsp3) is 0.357. The molecule has 1 heterocycles. The molecule has 2 rings (SSSR count). The Morgan fingerprint density at radius 1 is 1.37 bits per heavy atom. The first-order chi connectivity index (χ1) is 9.15. The van der Waals surface area contributed by atoms with E-state index in [4.69, 9.17) is 4.74 Å². The zero-order chi connectivity index (χ0) is 13.8. The molecule has 5 heteroatoms. The standard InChI is InChI=1S/C14H16BrIN2O/c1-3-12-14(15)13(18(4-2)17-12)9-19-11-7-5-6-10(16)8-11/h5-8H,3-4,9H2,1-2H3. The third-order valence-electron chi connectivity index (χ3n) is 2.87. The number of halogens is 2. The Kier molecular flexibility index (Phi) is 5.27. The average molecular weight is 435 g/mol. The van der Waals surface area contributed by atoms with E-state index in [2.05, 4.69) is 63.5 Å². The molecule has 0 unspecified atom stereocenters. The highest BCUT2D eigenvalue weighted by Crippen LogP contribution is 2.24. The maximum atomic E-state index is 5.86. The van der Waals surface area contributed by atoms with Gasteiger partial charge in [-0.1, -0.05) is 13.0 Å². The van der Waals surface area contributed by atoms with Gasteiger partial charge < -0.3 is 4.74 Å². The van der Waals surface area contributed by atoms with Gasteiger partial charge in [-0.05, 0) is 70.1 Å². The largest absolute Gasteiger partial charge is 0.487 e. The molecule has 102 valence electrons. The molecule has 0 aliphatic heterocycles. The first kappa shape index (κ1) is 14.8. The Hall–Kier alpha value is -0.560. The van der Waals surface area contributed by atoms with Crippen molar-refractivity contribution >= 4 is 38.5 Å². The van der Waals surface area contributed by atoms with Crippen LogP contribution >= 0.6 is 38.5 Å². The van der Waals surface area contributed by atoms with E-state index in [1.165, 1.54) is 3.57 Å². The Balaban J connectivity index is 2.17. The highest BCUT2D eigenvalue weighted by molar-refractivity contribution is 14.1. The van der Waals surface area contributed by atoms with E-state index in [0.717, 1.165) is 34.6 Å². The second-order valence-electron chi connectivity index (χ2n) is 4.12. The quantitative estimate of drug-likeness (QED) is 0.651. The van der Waals surface area contributed by atoms with Crippen LogP contribution in [0.2, 0.25) is 0 Å². The van der Waals surface area contributed by atoms with Gasteiger partial charge in [0.15, 0.2) is 0 Å². The summed E-state index contributed by atoms with van der Waals surface area (Å²) < 4.78 is 10.1. The summed E-state index contributed by atoms with van der Waals surface area (Å²) in [6.07, 6.45) is 0.920. The fourth-order valence-corrected chi connectivity index (χ4v) is 3.06. The molecule has 0 atom stereocenters. The summed E-state index contributed by atoms with van der Waals surface area (Å²) in [6.45, 7) is 5.58. The van der Waals surface area contributed by atoms with E-state index in [1.54, 1.807) is 0 Å². The summed E-state index contributed by atoms with van der Waals surface area (Å²) in [7, 11) is 0. The lowest BCUT2D eigenvalue weighted by molar-refractivity contribution is 0.291. The molecule has 0 saturated heterocycles. The third-order valence-corrected chi connectivity index (χ3v) is 4.45. The smallest absolute Gasteiger partial charge is 0.131 e. The topological polar surface area (TPSA) is 27.1 Å². The van der Waals surface area contributed by atoms with Crippen molar-refractivity contribution in [3.8, 4) is 5.75 Å². The molecule has 1 aromatic heterocycles. The lowest BCUT2D eigenvalue weighted by Crippen LogP contribution is -2.06. The molecule has 0 saturated carbocycles. The van der Waals surface area contributed by atoms with Gasteiger partial charge >= 0.3 is 0 Å². The van der Waals surface area contributed by atoms with Gasteiger partial charge in [0.25, 0.3) is 0 Å². The number of aryl methyl sites for hydroxylation is 2. The van der Waals surface area contributed by atoms with Crippen molar-refractivity contribution < 1.29 is 4.74 Å². The highest BCUT2D eigenvalue weighted by Gasteiger charge is 2.14. The number of aromatic nitrogens is 2. The minimum absolute atomic E-state index is 0.529. The number of ether oxygens (including phenoxy) is 1. The zero-order valence-electron chi connectivity index (χ0n) is 11.0. The van der Waals surface area contributed by atoms with Gasteiger partial charge in [-0.25, -0.2) is 0 Å². The van der Waals surface area contributed by atoms with Gasteiger partial charge in [-0.2, -0.15) is 5.10 Å². The van der Waals surface area contributed by atoms with Crippen LogP contribution in [-0.2, 0) is 19.6 Å². The fourth-order valence-electron chi connectivity index (χ4n) is 1.86. The van der Waals surface area contributed by atoms with E-state index in [1.807, 2.05) is 22.9 Å². The van der Waals surface area contributed by atoms with Crippen LogP contribution < -0.4 is 4.74 Å². The molecular weight excluding hydrogens is 419 g/mol. The minimum atomic E-state index is 0.529. The van der Waals surface area contributed by atoms with E-state index < -0.39 is 0 Å². The third kappa shape index (κ3) is 3.51. The van der Waals surface area contributed by atoms with Crippen molar-refractivity contribution in [2.45, 2.75) is 33.4 Å². The molecule has 1 aromatic carbocycles.